The minimum absolute atomic E-state index is 0.00433. The average Bonchev–Trinajstić information content (AvgIpc) is 2.45. The van der Waals surface area contributed by atoms with Gasteiger partial charge < -0.3 is 19.5 Å². The van der Waals surface area contributed by atoms with Gasteiger partial charge in [-0.15, -0.1) is 0 Å². The number of carboxylic acids is 1. The molecule has 1 N–H and O–H groups in total. The normalized spacial score (nSPS) is 10.6. The maximum Gasteiger partial charge on any atom is 0.354 e. The van der Waals surface area contributed by atoms with Crippen LogP contribution in [0.15, 0.2) is 6.07 Å². The molecule has 0 bridgehead atoms. The molecule has 1 heterocycles. The molecule has 0 aliphatic rings. The third-order valence-electron chi connectivity index (χ3n) is 2.76. The summed E-state index contributed by atoms with van der Waals surface area (Å²) in [6.07, 6.45) is 0. The number of rotatable bonds is 10. The molecule has 0 saturated carbocycles. The van der Waals surface area contributed by atoms with E-state index >= 15 is 0 Å². The summed E-state index contributed by atoms with van der Waals surface area (Å²) in [5, 5.41) is 9.09. The monoisotopic (exact) mass is 297 g/mol. The number of hydrogen-bond acceptors (Lipinski definition) is 6. The first-order valence-corrected chi connectivity index (χ1v) is 7.07. The summed E-state index contributed by atoms with van der Waals surface area (Å²) in [5.74, 6) is -0.664. The fourth-order valence-electron chi connectivity index (χ4n) is 1.75. The van der Waals surface area contributed by atoms with Crippen molar-refractivity contribution in [1.29, 1.82) is 0 Å². The second-order valence-corrected chi connectivity index (χ2v) is 4.38. The maximum absolute atomic E-state index is 11.1. The molecule has 1 rings (SSSR count). The number of ether oxygens (including phenoxy) is 2. The summed E-state index contributed by atoms with van der Waals surface area (Å²) < 4.78 is 10.7. The van der Waals surface area contributed by atoms with Gasteiger partial charge in [-0.3, -0.25) is 0 Å². The van der Waals surface area contributed by atoms with Crippen LogP contribution in [0.1, 0.15) is 30.0 Å². The van der Waals surface area contributed by atoms with Crippen molar-refractivity contribution in [2.45, 2.75) is 20.8 Å². The van der Waals surface area contributed by atoms with Crippen molar-refractivity contribution in [2.75, 3.05) is 44.4 Å². The molecule has 1 aromatic heterocycles. The Morgan fingerprint density at radius 3 is 2.24 bits per heavy atom. The van der Waals surface area contributed by atoms with Crippen molar-refractivity contribution < 1.29 is 19.4 Å². The van der Waals surface area contributed by atoms with E-state index in [4.69, 9.17) is 14.6 Å². The number of hydrogen-bond donors (Lipinski definition) is 1. The molecule has 21 heavy (non-hydrogen) atoms. The van der Waals surface area contributed by atoms with E-state index in [1.807, 2.05) is 18.7 Å². The Balaban J connectivity index is 2.86. The van der Waals surface area contributed by atoms with Crippen LogP contribution in [0.5, 0.6) is 0 Å². The Labute approximate surface area is 124 Å². The molecule has 7 heteroatoms. The lowest BCUT2D eigenvalue weighted by molar-refractivity contribution is 0.0690. The molecule has 118 valence electrons. The second kappa shape index (κ2) is 9.25. The molecule has 0 aliphatic carbocycles. The van der Waals surface area contributed by atoms with Gasteiger partial charge in [0.1, 0.15) is 0 Å². The molecule has 0 atom stereocenters. The zero-order valence-corrected chi connectivity index (χ0v) is 12.8. The first-order chi connectivity index (χ1) is 10.1. The number of aryl methyl sites for hydroxylation is 1. The number of nitrogens with zero attached hydrogens (tertiary/aromatic N) is 3. The smallest absolute Gasteiger partial charge is 0.354 e. The standard InChI is InChI=1S/C14H23N3O4/c1-4-20-8-6-17(7-9-21-5-2)14-15-11(3)10-12(16-14)13(18)19/h10H,4-9H2,1-3H3,(H,18,19). The minimum atomic E-state index is -1.06. The van der Waals surface area contributed by atoms with Gasteiger partial charge in [-0.2, -0.15) is 0 Å². The van der Waals surface area contributed by atoms with Crippen LogP contribution in [0.4, 0.5) is 5.95 Å². The molecule has 0 unspecified atom stereocenters. The van der Waals surface area contributed by atoms with E-state index in [1.165, 1.54) is 6.07 Å². The fourth-order valence-corrected chi connectivity index (χ4v) is 1.75. The molecular formula is C14H23N3O4. The van der Waals surface area contributed by atoms with E-state index in [0.717, 1.165) is 0 Å². The quantitative estimate of drug-likeness (QED) is 0.653. The highest BCUT2D eigenvalue weighted by molar-refractivity contribution is 5.85. The molecule has 0 fully saturated rings. The van der Waals surface area contributed by atoms with Gasteiger partial charge in [0.05, 0.1) is 13.2 Å². The van der Waals surface area contributed by atoms with Crippen LogP contribution in [0, 0.1) is 6.92 Å². The van der Waals surface area contributed by atoms with E-state index < -0.39 is 5.97 Å². The van der Waals surface area contributed by atoms with Gasteiger partial charge in [0.15, 0.2) is 5.69 Å². The second-order valence-electron chi connectivity index (χ2n) is 4.38. The summed E-state index contributed by atoms with van der Waals surface area (Å²) in [5.41, 5.74) is 0.616. The summed E-state index contributed by atoms with van der Waals surface area (Å²) >= 11 is 0. The Morgan fingerprint density at radius 1 is 1.19 bits per heavy atom. The number of carboxylic acid groups (broad SMARTS) is 1. The summed E-state index contributed by atoms with van der Waals surface area (Å²) in [7, 11) is 0. The first kappa shape index (κ1) is 17.3. The summed E-state index contributed by atoms with van der Waals surface area (Å²) in [4.78, 5) is 21.4. The predicted molar refractivity (Wildman–Crippen MR) is 78.9 cm³/mol. The largest absolute Gasteiger partial charge is 0.477 e. The van der Waals surface area contributed by atoms with E-state index in [0.29, 0.717) is 51.2 Å². The number of aromatic carboxylic acids is 1. The Morgan fingerprint density at radius 2 is 1.76 bits per heavy atom. The van der Waals surface area contributed by atoms with Gasteiger partial charge in [0.25, 0.3) is 0 Å². The lowest BCUT2D eigenvalue weighted by Gasteiger charge is -2.22. The van der Waals surface area contributed by atoms with E-state index in [1.54, 1.807) is 6.92 Å². The highest BCUT2D eigenvalue weighted by atomic mass is 16.5. The SMILES string of the molecule is CCOCCN(CCOCC)c1nc(C)cc(C(=O)O)n1. The lowest BCUT2D eigenvalue weighted by atomic mass is 10.3. The van der Waals surface area contributed by atoms with Crippen LogP contribution in [0.3, 0.4) is 0 Å². The van der Waals surface area contributed by atoms with Gasteiger partial charge in [0.2, 0.25) is 5.95 Å². The zero-order chi connectivity index (χ0) is 15.7. The molecule has 1 aromatic rings. The molecular weight excluding hydrogens is 274 g/mol. The highest BCUT2D eigenvalue weighted by Gasteiger charge is 2.14. The van der Waals surface area contributed by atoms with Gasteiger partial charge in [-0.05, 0) is 26.8 Å². The van der Waals surface area contributed by atoms with Crippen LogP contribution < -0.4 is 4.90 Å². The number of aromatic nitrogens is 2. The van der Waals surface area contributed by atoms with Gasteiger partial charge in [-0.1, -0.05) is 0 Å². The van der Waals surface area contributed by atoms with Crippen LogP contribution in [-0.2, 0) is 9.47 Å². The van der Waals surface area contributed by atoms with Gasteiger partial charge in [0, 0.05) is 32.0 Å². The molecule has 0 saturated heterocycles. The van der Waals surface area contributed by atoms with Crippen molar-refractivity contribution in [3.63, 3.8) is 0 Å². The third-order valence-corrected chi connectivity index (χ3v) is 2.76. The maximum atomic E-state index is 11.1. The minimum Gasteiger partial charge on any atom is -0.477 e. The molecule has 7 nitrogen and oxygen atoms in total. The molecule has 0 amide bonds. The summed E-state index contributed by atoms with van der Waals surface area (Å²) in [6, 6.07) is 1.45. The van der Waals surface area contributed by atoms with Crippen LogP contribution in [0.2, 0.25) is 0 Å². The molecule has 0 aliphatic heterocycles. The number of carbonyl (C=O) groups is 1. The topological polar surface area (TPSA) is 84.8 Å². The van der Waals surface area contributed by atoms with Gasteiger partial charge in [-0.25, -0.2) is 14.8 Å². The Kier molecular flexibility index (Phi) is 7.63. The van der Waals surface area contributed by atoms with E-state index in [9.17, 15) is 4.79 Å². The average molecular weight is 297 g/mol. The Hall–Kier alpha value is -1.73. The van der Waals surface area contributed by atoms with Crippen molar-refractivity contribution >= 4 is 11.9 Å². The van der Waals surface area contributed by atoms with Crippen molar-refractivity contribution in [3.05, 3.63) is 17.5 Å². The van der Waals surface area contributed by atoms with Gasteiger partial charge >= 0.3 is 5.97 Å². The zero-order valence-electron chi connectivity index (χ0n) is 12.8. The lowest BCUT2D eigenvalue weighted by Crippen LogP contribution is -2.33. The highest BCUT2D eigenvalue weighted by Crippen LogP contribution is 2.10. The van der Waals surface area contributed by atoms with Crippen LogP contribution >= 0.6 is 0 Å². The van der Waals surface area contributed by atoms with Crippen LogP contribution in [0.25, 0.3) is 0 Å². The Bertz CT molecular complexity index is 444. The van der Waals surface area contributed by atoms with E-state index in [-0.39, 0.29) is 5.69 Å². The van der Waals surface area contributed by atoms with E-state index in [2.05, 4.69) is 9.97 Å². The first-order valence-electron chi connectivity index (χ1n) is 7.07. The van der Waals surface area contributed by atoms with Crippen molar-refractivity contribution in [2.24, 2.45) is 0 Å². The fraction of sp³-hybridized carbons (Fsp3) is 0.643. The summed E-state index contributed by atoms with van der Waals surface area (Å²) in [6.45, 7) is 9.10. The van der Waals surface area contributed by atoms with Crippen molar-refractivity contribution in [3.8, 4) is 0 Å². The molecule has 0 aromatic carbocycles. The van der Waals surface area contributed by atoms with Crippen molar-refractivity contribution in [1.82, 2.24) is 9.97 Å². The predicted octanol–water partition coefficient (Wildman–Crippen LogP) is 1.36. The molecule has 0 radical (unpaired) electrons. The molecule has 0 spiro atoms. The third kappa shape index (κ3) is 6.05. The van der Waals surface area contributed by atoms with Crippen LogP contribution in [-0.4, -0.2) is 60.6 Å². The number of anilines is 1.